The van der Waals surface area contributed by atoms with Gasteiger partial charge < -0.3 is 4.90 Å². The van der Waals surface area contributed by atoms with Crippen LogP contribution in [-0.4, -0.2) is 17.9 Å². The first-order chi connectivity index (χ1) is 6.89. The smallest absolute Gasteiger partial charge is 0.337 e. The molecule has 1 aromatic rings. The molecule has 0 radical (unpaired) electrons. The third-order valence-electron chi connectivity index (χ3n) is 2.42. The van der Waals surface area contributed by atoms with Crippen molar-refractivity contribution in [1.82, 2.24) is 4.90 Å². The van der Waals surface area contributed by atoms with Crippen LogP contribution in [0.15, 0.2) is 18.2 Å². The molecule has 0 fully saturated rings. The van der Waals surface area contributed by atoms with Crippen LogP contribution in [-0.2, 0) is 12.7 Å². The fourth-order valence-corrected chi connectivity index (χ4v) is 1.62. The third kappa shape index (κ3) is 1.58. The van der Waals surface area contributed by atoms with Crippen molar-refractivity contribution in [3.8, 4) is 0 Å². The van der Waals surface area contributed by atoms with Gasteiger partial charge in [0.05, 0.1) is 5.56 Å². The fraction of sp³-hybridized carbons (Fsp3) is 0.300. The van der Waals surface area contributed by atoms with Crippen LogP contribution in [0.25, 0.3) is 0 Å². The molecule has 15 heavy (non-hydrogen) atoms. The van der Waals surface area contributed by atoms with Crippen molar-refractivity contribution in [1.29, 1.82) is 0 Å². The van der Waals surface area contributed by atoms with E-state index in [0.717, 1.165) is 12.1 Å². The van der Waals surface area contributed by atoms with Crippen LogP contribution in [0, 0.1) is 0 Å². The summed E-state index contributed by atoms with van der Waals surface area (Å²) in [6.07, 6.45) is -4.39. The number of fused-ring (bicyclic) bond motifs is 1. The van der Waals surface area contributed by atoms with Crippen LogP contribution in [0.3, 0.4) is 0 Å². The van der Waals surface area contributed by atoms with Gasteiger partial charge in [0.15, 0.2) is 0 Å². The van der Waals surface area contributed by atoms with Crippen molar-refractivity contribution in [3.63, 3.8) is 0 Å². The monoisotopic (exact) mass is 215 g/mol. The molecule has 2 nitrogen and oxygen atoms in total. The zero-order valence-corrected chi connectivity index (χ0v) is 7.93. The molecule has 0 aliphatic carbocycles. The van der Waals surface area contributed by atoms with Gasteiger partial charge in [-0.2, -0.15) is 13.2 Å². The molecule has 0 bridgehead atoms. The van der Waals surface area contributed by atoms with Gasteiger partial charge in [0.25, 0.3) is 5.91 Å². The Morgan fingerprint density at radius 3 is 2.60 bits per heavy atom. The molecular formula is C10H8F3NO. The van der Waals surface area contributed by atoms with E-state index in [0.29, 0.717) is 12.1 Å². The van der Waals surface area contributed by atoms with Crippen LogP contribution in [0.5, 0.6) is 0 Å². The lowest BCUT2D eigenvalue weighted by Crippen LogP contribution is -2.17. The summed E-state index contributed by atoms with van der Waals surface area (Å²) in [4.78, 5) is 12.8. The summed E-state index contributed by atoms with van der Waals surface area (Å²) in [6.45, 7) is 0.381. The number of alkyl halides is 3. The van der Waals surface area contributed by atoms with E-state index in [1.54, 1.807) is 7.05 Å². The third-order valence-corrected chi connectivity index (χ3v) is 2.42. The van der Waals surface area contributed by atoms with Gasteiger partial charge in [-0.1, -0.05) is 6.07 Å². The summed E-state index contributed by atoms with van der Waals surface area (Å²) >= 11 is 0. The van der Waals surface area contributed by atoms with Gasteiger partial charge in [-0.15, -0.1) is 0 Å². The van der Waals surface area contributed by atoms with Crippen LogP contribution in [0.2, 0.25) is 0 Å². The van der Waals surface area contributed by atoms with E-state index in [9.17, 15) is 18.0 Å². The predicted molar refractivity (Wildman–Crippen MR) is 47.2 cm³/mol. The van der Waals surface area contributed by atoms with E-state index in [4.69, 9.17) is 0 Å². The quantitative estimate of drug-likeness (QED) is 0.650. The van der Waals surface area contributed by atoms with E-state index in [1.807, 2.05) is 0 Å². The van der Waals surface area contributed by atoms with E-state index in [-0.39, 0.29) is 11.5 Å². The molecule has 0 spiro atoms. The van der Waals surface area contributed by atoms with Gasteiger partial charge >= 0.3 is 6.18 Å². The number of carbonyl (C=O) groups excluding carboxylic acids is 1. The fourth-order valence-electron chi connectivity index (χ4n) is 1.62. The standard InChI is InChI=1S/C10H8F3NO/c1-14-5-6-2-3-7(10(11,12)13)4-8(6)9(14)15/h2-4H,5H2,1H3. The number of rotatable bonds is 0. The van der Waals surface area contributed by atoms with E-state index in [2.05, 4.69) is 0 Å². The first-order valence-electron chi connectivity index (χ1n) is 4.35. The minimum absolute atomic E-state index is 0.160. The molecule has 80 valence electrons. The maximum atomic E-state index is 12.4. The Morgan fingerprint density at radius 1 is 1.33 bits per heavy atom. The Balaban J connectivity index is 2.49. The van der Waals surface area contributed by atoms with E-state index >= 15 is 0 Å². The maximum Gasteiger partial charge on any atom is 0.416 e. The van der Waals surface area contributed by atoms with E-state index in [1.165, 1.54) is 11.0 Å². The number of hydrogen-bond acceptors (Lipinski definition) is 1. The summed E-state index contributed by atoms with van der Waals surface area (Å²) in [5, 5.41) is 0. The predicted octanol–water partition coefficient (Wildman–Crippen LogP) is 2.29. The number of nitrogens with zero attached hydrogens (tertiary/aromatic N) is 1. The molecule has 1 heterocycles. The second kappa shape index (κ2) is 2.98. The molecule has 0 atom stereocenters. The van der Waals surface area contributed by atoms with Crippen molar-refractivity contribution < 1.29 is 18.0 Å². The largest absolute Gasteiger partial charge is 0.416 e. The van der Waals surface area contributed by atoms with Crippen molar-refractivity contribution in [3.05, 3.63) is 34.9 Å². The molecule has 0 aromatic heterocycles. The summed E-state index contributed by atoms with van der Waals surface area (Å²) in [6, 6.07) is 3.28. The molecule has 0 unspecified atom stereocenters. The highest BCUT2D eigenvalue weighted by Gasteiger charge is 2.33. The van der Waals surface area contributed by atoms with Crippen molar-refractivity contribution in [2.24, 2.45) is 0 Å². The Bertz CT molecular complexity index is 425. The highest BCUT2D eigenvalue weighted by atomic mass is 19.4. The maximum absolute atomic E-state index is 12.4. The zero-order chi connectivity index (χ0) is 11.2. The minimum atomic E-state index is -4.39. The van der Waals surface area contributed by atoms with Crippen molar-refractivity contribution in [2.45, 2.75) is 12.7 Å². The number of hydrogen-bond donors (Lipinski definition) is 0. The van der Waals surface area contributed by atoms with Gasteiger partial charge in [0, 0.05) is 19.2 Å². The van der Waals surface area contributed by atoms with Gasteiger partial charge in [-0.25, -0.2) is 0 Å². The van der Waals surface area contributed by atoms with Gasteiger partial charge in [0.2, 0.25) is 0 Å². The molecular weight excluding hydrogens is 207 g/mol. The molecule has 0 saturated heterocycles. The molecule has 5 heteroatoms. The normalized spacial score (nSPS) is 15.7. The summed E-state index contributed by atoms with van der Waals surface area (Å²) in [5.41, 5.74) is 0.0349. The first-order valence-corrected chi connectivity index (χ1v) is 4.35. The average Bonchev–Trinajstić information content (AvgIpc) is 2.41. The second-order valence-electron chi connectivity index (χ2n) is 3.53. The lowest BCUT2D eigenvalue weighted by atomic mass is 10.1. The second-order valence-corrected chi connectivity index (χ2v) is 3.53. The van der Waals surface area contributed by atoms with Crippen molar-refractivity contribution >= 4 is 5.91 Å². The number of benzene rings is 1. The summed E-state index contributed by atoms with van der Waals surface area (Å²) in [7, 11) is 1.57. The SMILES string of the molecule is CN1Cc2ccc(C(F)(F)F)cc2C1=O. The molecule has 1 aliphatic heterocycles. The summed E-state index contributed by atoms with van der Waals surface area (Å²) < 4.78 is 37.1. The van der Waals surface area contributed by atoms with Gasteiger partial charge in [0.1, 0.15) is 0 Å². The highest BCUT2D eigenvalue weighted by Crippen LogP contribution is 2.32. The van der Waals surface area contributed by atoms with Gasteiger partial charge in [-0.3, -0.25) is 4.79 Å². The molecule has 0 N–H and O–H groups in total. The Hall–Kier alpha value is -1.52. The van der Waals surface area contributed by atoms with Crippen LogP contribution in [0.1, 0.15) is 21.5 Å². The van der Waals surface area contributed by atoms with Crippen LogP contribution < -0.4 is 0 Å². The Kier molecular flexibility index (Phi) is 1.99. The van der Waals surface area contributed by atoms with Crippen LogP contribution in [0.4, 0.5) is 13.2 Å². The highest BCUT2D eigenvalue weighted by molar-refractivity contribution is 5.98. The lowest BCUT2D eigenvalue weighted by molar-refractivity contribution is -0.137. The summed E-state index contributed by atoms with van der Waals surface area (Å²) in [5.74, 6) is -0.351. The van der Waals surface area contributed by atoms with E-state index < -0.39 is 11.7 Å². The number of halogens is 3. The van der Waals surface area contributed by atoms with Crippen molar-refractivity contribution in [2.75, 3.05) is 7.05 Å². The Morgan fingerprint density at radius 2 is 2.00 bits per heavy atom. The van der Waals surface area contributed by atoms with Gasteiger partial charge in [-0.05, 0) is 17.7 Å². The first kappa shape index (κ1) is 10.0. The molecule has 1 amide bonds. The average molecular weight is 215 g/mol. The minimum Gasteiger partial charge on any atom is -0.337 e. The molecule has 2 rings (SSSR count). The zero-order valence-electron chi connectivity index (χ0n) is 7.93. The number of carbonyl (C=O) groups is 1. The van der Waals surface area contributed by atoms with Crippen LogP contribution >= 0.6 is 0 Å². The Labute approximate surface area is 84.3 Å². The molecule has 1 aliphatic rings. The molecule has 1 aromatic carbocycles. The topological polar surface area (TPSA) is 20.3 Å². The lowest BCUT2D eigenvalue weighted by Gasteiger charge is -2.07. The molecule has 0 saturated carbocycles. The number of amides is 1.